The summed E-state index contributed by atoms with van der Waals surface area (Å²) >= 11 is 0. The van der Waals surface area contributed by atoms with Crippen LogP contribution in [0.5, 0.6) is 0 Å². The molecule has 0 aliphatic heterocycles. The van der Waals surface area contributed by atoms with Gasteiger partial charge in [-0.05, 0) is 138 Å². The van der Waals surface area contributed by atoms with Crippen molar-refractivity contribution >= 4 is 59.2 Å². The number of hydrogen-bond acceptors (Lipinski definition) is 17. The summed E-state index contributed by atoms with van der Waals surface area (Å²) < 4.78 is 37.7. The van der Waals surface area contributed by atoms with Crippen LogP contribution in [0.15, 0.2) is 24.3 Å². The third-order valence-electron chi connectivity index (χ3n) is 10.5. The fraction of sp³-hybridized carbons (Fsp3) is 0.712. The number of rotatable bonds is 35. The van der Waals surface area contributed by atoms with E-state index in [4.69, 9.17) is 38.9 Å². The van der Waals surface area contributed by atoms with Gasteiger partial charge in [0.1, 0.15) is 48.1 Å². The molecular weight excluding hydrogens is 993 g/mol. The van der Waals surface area contributed by atoms with Crippen LogP contribution < -0.4 is 43.0 Å². The Bertz CT molecular complexity index is 2000. The number of hydrogen-bond donors (Lipinski definition) is 8. The molecule has 430 valence electrons. The van der Waals surface area contributed by atoms with Gasteiger partial charge in [-0.25, -0.2) is 14.4 Å². The van der Waals surface area contributed by atoms with Gasteiger partial charge in [0.05, 0.1) is 39.6 Å². The lowest BCUT2D eigenvalue weighted by Gasteiger charge is -2.29. The minimum atomic E-state index is -1.21. The summed E-state index contributed by atoms with van der Waals surface area (Å²) in [6, 6.07) is 3.21. The predicted molar refractivity (Wildman–Crippen MR) is 280 cm³/mol. The van der Waals surface area contributed by atoms with Crippen molar-refractivity contribution in [3.8, 4) is 0 Å². The van der Waals surface area contributed by atoms with Gasteiger partial charge in [0.2, 0.25) is 29.5 Å². The molecule has 0 heterocycles. The van der Waals surface area contributed by atoms with Crippen LogP contribution in [0.3, 0.4) is 0 Å². The number of carbonyl (C=O) groups is 9. The van der Waals surface area contributed by atoms with E-state index in [2.05, 4.69) is 37.2 Å². The maximum Gasteiger partial charge on any atom is 0.412 e. The summed E-state index contributed by atoms with van der Waals surface area (Å²) in [5.74, 6) is -4.29. The summed E-state index contributed by atoms with van der Waals surface area (Å²) in [4.78, 5) is 115. The zero-order valence-corrected chi connectivity index (χ0v) is 46.1. The maximum absolute atomic E-state index is 13.2. The molecule has 0 bridgehead atoms. The first kappa shape index (κ1) is 66.2. The van der Waals surface area contributed by atoms with E-state index in [0.717, 1.165) is 19.3 Å². The van der Waals surface area contributed by atoms with Gasteiger partial charge in [0.15, 0.2) is 0 Å². The highest BCUT2D eigenvalue weighted by Gasteiger charge is 2.31. The monoisotopic (exact) mass is 1080 g/mol. The van der Waals surface area contributed by atoms with E-state index in [1.807, 2.05) is 0 Å². The second kappa shape index (κ2) is 34.7. The standard InChI is InChI=1S/C52H86N8O16/c1-50(2,3)74-47(67)39(59-42(62)23-21-40(48(68)75-51(4,5)6)60-44(64)34-72-31-29-70-27-24-53)20-22-41(61)54-26-28-71-30-32-73-33-43(63)58-38(46(66)56-36-13-12-14-36)15-10-11-25-55-45(65)35-16-18-37(19-17-35)57-49(69)76-52(7,8)9/h16-19,36,38-40H,10-15,20-34,53H2,1-9H3,(H,54,61)(H,55,65)(H,56,66)(H,57,69)(H,58,63)(H,59,62)(H,60,64). The van der Waals surface area contributed by atoms with E-state index in [-0.39, 0.29) is 96.3 Å². The predicted octanol–water partition coefficient (Wildman–Crippen LogP) is 2.44. The van der Waals surface area contributed by atoms with E-state index in [0.29, 0.717) is 50.2 Å². The fourth-order valence-corrected chi connectivity index (χ4v) is 6.76. The molecule has 7 amide bonds. The van der Waals surface area contributed by atoms with Crippen molar-refractivity contribution in [1.29, 1.82) is 0 Å². The second-order valence-corrected chi connectivity index (χ2v) is 21.1. The van der Waals surface area contributed by atoms with E-state index >= 15 is 0 Å². The lowest BCUT2D eigenvalue weighted by molar-refractivity contribution is -0.160. The summed E-state index contributed by atoms with van der Waals surface area (Å²) in [5.41, 5.74) is 3.82. The van der Waals surface area contributed by atoms with Gasteiger partial charge in [-0.3, -0.25) is 34.1 Å². The number of amides is 7. The molecule has 24 nitrogen and oxygen atoms in total. The zero-order chi connectivity index (χ0) is 56.7. The van der Waals surface area contributed by atoms with Crippen molar-refractivity contribution in [3.05, 3.63) is 29.8 Å². The maximum atomic E-state index is 13.2. The molecule has 0 aromatic heterocycles. The molecule has 9 N–H and O–H groups in total. The first-order valence-corrected chi connectivity index (χ1v) is 26.0. The van der Waals surface area contributed by atoms with Crippen molar-refractivity contribution in [2.75, 3.05) is 77.8 Å². The first-order valence-electron chi connectivity index (χ1n) is 26.0. The second-order valence-electron chi connectivity index (χ2n) is 21.1. The number of anilines is 1. The summed E-state index contributed by atoms with van der Waals surface area (Å²) in [6.07, 6.45) is 2.82. The average molecular weight is 1080 g/mol. The highest BCUT2D eigenvalue weighted by Crippen LogP contribution is 2.19. The Hall–Kier alpha value is -5.95. The molecule has 0 spiro atoms. The summed E-state index contributed by atoms with van der Waals surface area (Å²) in [5, 5.41) is 19.0. The molecule has 1 aliphatic carbocycles. The lowest BCUT2D eigenvalue weighted by Crippen LogP contribution is -2.51. The topological polar surface area (TPSA) is 328 Å². The number of esters is 2. The summed E-state index contributed by atoms with van der Waals surface area (Å²) in [6.45, 7) is 16.2. The van der Waals surface area contributed by atoms with Crippen LogP contribution >= 0.6 is 0 Å². The molecule has 24 heteroatoms. The molecule has 2 rings (SSSR count). The number of nitrogens with one attached hydrogen (secondary N) is 7. The third kappa shape index (κ3) is 31.8. The highest BCUT2D eigenvalue weighted by atomic mass is 16.6. The lowest BCUT2D eigenvalue weighted by atomic mass is 9.92. The number of carbonyl (C=O) groups excluding carboxylic acids is 9. The molecule has 1 aromatic rings. The Morgan fingerprint density at radius 3 is 1.57 bits per heavy atom. The molecule has 1 fully saturated rings. The van der Waals surface area contributed by atoms with Crippen LogP contribution in [0, 0.1) is 0 Å². The Morgan fingerprint density at radius 2 is 1.05 bits per heavy atom. The highest BCUT2D eigenvalue weighted by molar-refractivity contribution is 5.95. The minimum Gasteiger partial charge on any atom is -0.458 e. The molecule has 1 saturated carbocycles. The van der Waals surface area contributed by atoms with Crippen LogP contribution in [-0.2, 0) is 66.7 Å². The zero-order valence-electron chi connectivity index (χ0n) is 46.1. The quantitative estimate of drug-likeness (QED) is 0.0275. The Morgan fingerprint density at radius 1 is 0.553 bits per heavy atom. The van der Waals surface area contributed by atoms with E-state index in [1.165, 1.54) is 0 Å². The molecule has 1 aliphatic rings. The van der Waals surface area contributed by atoms with Gasteiger partial charge < -0.3 is 70.8 Å². The van der Waals surface area contributed by atoms with Crippen LogP contribution in [-0.4, -0.2) is 167 Å². The van der Waals surface area contributed by atoms with Gasteiger partial charge in [-0.1, -0.05) is 0 Å². The van der Waals surface area contributed by atoms with Crippen molar-refractivity contribution in [3.63, 3.8) is 0 Å². The fourth-order valence-electron chi connectivity index (χ4n) is 6.76. The third-order valence-corrected chi connectivity index (χ3v) is 10.5. The van der Waals surface area contributed by atoms with Crippen molar-refractivity contribution in [2.45, 2.75) is 167 Å². The van der Waals surface area contributed by atoms with Crippen LogP contribution in [0.4, 0.5) is 10.5 Å². The van der Waals surface area contributed by atoms with Crippen molar-refractivity contribution in [2.24, 2.45) is 5.73 Å². The van der Waals surface area contributed by atoms with Crippen molar-refractivity contribution in [1.82, 2.24) is 31.9 Å². The number of ether oxygens (including phenoxy) is 7. The smallest absolute Gasteiger partial charge is 0.412 e. The molecule has 76 heavy (non-hydrogen) atoms. The van der Waals surface area contributed by atoms with E-state index in [9.17, 15) is 43.2 Å². The number of nitrogens with two attached hydrogens (primary N) is 1. The number of benzene rings is 1. The van der Waals surface area contributed by atoms with Crippen LogP contribution in [0.2, 0.25) is 0 Å². The van der Waals surface area contributed by atoms with Gasteiger partial charge in [0, 0.05) is 49.8 Å². The normalized spacial score (nSPS) is 13.9. The van der Waals surface area contributed by atoms with E-state index in [1.54, 1.807) is 86.6 Å². The molecule has 1 aromatic carbocycles. The molecule has 0 saturated heterocycles. The van der Waals surface area contributed by atoms with Gasteiger partial charge >= 0.3 is 18.0 Å². The van der Waals surface area contributed by atoms with Crippen LogP contribution in [0.1, 0.15) is 137 Å². The van der Waals surface area contributed by atoms with E-state index < -0.39 is 76.6 Å². The molecule has 0 radical (unpaired) electrons. The van der Waals surface area contributed by atoms with Crippen molar-refractivity contribution < 1.29 is 76.3 Å². The number of unbranched alkanes of at least 4 members (excludes halogenated alkanes) is 1. The molecule has 3 atom stereocenters. The van der Waals surface area contributed by atoms with Crippen LogP contribution in [0.25, 0.3) is 0 Å². The largest absolute Gasteiger partial charge is 0.458 e. The summed E-state index contributed by atoms with van der Waals surface area (Å²) in [7, 11) is 0. The molecular formula is C52H86N8O16. The Labute approximate surface area is 447 Å². The molecule has 3 unspecified atom stereocenters. The van der Waals surface area contributed by atoms with Gasteiger partial charge in [-0.15, -0.1) is 0 Å². The van der Waals surface area contributed by atoms with Gasteiger partial charge in [-0.2, -0.15) is 0 Å². The minimum absolute atomic E-state index is 0.0470. The Balaban J connectivity index is 1.76. The average Bonchev–Trinajstić information content (AvgIpc) is 3.30. The van der Waals surface area contributed by atoms with Gasteiger partial charge in [0.25, 0.3) is 5.91 Å². The first-order chi connectivity index (χ1) is 35.7. The SMILES string of the molecule is CC(C)(C)OC(=O)Nc1ccc(C(=O)NCCCCC(NC(=O)COCCOCCNC(=O)CCC(NC(=O)CCC(NC(=O)COCCOCCN)C(=O)OC(C)(C)C)C(=O)OC(C)(C)C)C(=O)NC2CCC2)cc1. The Kier molecular flexibility index (Phi) is 30.2.